The van der Waals surface area contributed by atoms with Crippen LogP contribution in [0.2, 0.25) is 0 Å². The van der Waals surface area contributed by atoms with Gasteiger partial charge in [-0.05, 0) is 31.5 Å². The third-order valence-electron chi connectivity index (χ3n) is 3.50. The van der Waals surface area contributed by atoms with Gasteiger partial charge >= 0.3 is 5.97 Å². The second-order valence-electron chi connectivity index (χ2n) is 4.76. The summed E-state index contributed by atoms with van der Waals surface area (Å²) < 4.78 is 1.52. The summed E-state index contributed by atoms with van der Waals surface area (Å²) in [7, 11) is 0. The van der Waals surface area contributed by atoms with E-state index < -0.39 is 5.97 Å². The van der Waals surface area contributed by atoms with Crippen LogP contribution in [0.3, 0.4) is 0 Å². The molecule has 1 aromatic heterocycles. The summed E-state index contributed by atoms with van der Waals surface area (Å²) in [6.07, 6.45) is 2.51. The van der Waals surface area contributed by atoms with E-state index in [2.05, 4.69) is 11.8 Å². The predicted molar refractivity (Wildman–Crippen MR) is 67.9 cm³/mol. The Hall–Kier alpha value is -1.62. The molecule has 18 heavy (non-hydrogen) atoms. The van der Waals surface area contributed by atoms with Crippen molar-refractivity contribution in [2.24, 2.45) is 5.92 Å². The third kappa shape index (κ3) is 2.79. The van der Waals surface area contributed by atoms with E-state index in [1.807, 2.05) is 0 Å². The fourth-order valence-corrected chi connectivity index (χ4v) is 2.43. The smallest absolute Gasteiger partial charge is 0.337 e. The zero-order valence-corrected chi connectivity index (χ0v) is 10.5. The Morgan fingerprint density at radius 1 is 1.50 bits per heavy atom. The summed E-state index contributed by atoms with van der Waals surface area (Å²) >= 11 is 0. The van der Waals surface area contributed by atoms with Crippen LogP contribution in [0.5, 0.6) is 0 Å². The van der Waals surface area contributed by atoms with Gasteiger partial charge in [-0.3, -0.25) is 4.79 Å². The van der Waals surface area contributed by atoms with Crippen molar-refractivity contribution < 1.29 is 9.90 Å². The molecule has 2 heterocycles. The number of carboxylic acid groups (broad SMARTS) is 1. The Balaban J connectivity index is 2.11. The van der Waals surface area contributed by atoms with E-state index in [9.17, 15) is 9.59 Å². The van der Waals surface area contributed by atoms with Gasteiger partial charge in [-0.2, -0.15) is 0 Å². The maximum atomic E-state index is 11.7. The topological polar surface area (TPSA) is 62.5 Å². The highest BCUT2D eigenvalue weighted by atomic mass is 16.4. The summed E-state index contributed by atoms with van der Waals surface area (Å²) in [5.74, 6) is -0.558. The molecule has 1 unspecified atom stereocenters. The maximum absolute atomic E-state index is 11.7. The normalized spacial score (nSPS) is 20.2. The molecule has 0 saturated carbocycles. The standard InChI is InChI=1S/C13H18N2O3/c1-2-14-6-5-10(7-14)8-15-9-11(13(17)18)3-4-12(15)16/h3-4,9-10H,2,5-8H2,1H3,(H,17,18). The molecule has 0 amide bonds. The van der Waals surface area contributed by atoms with E-state index in [1.54, 1.807) is 0 Å². The first-order valence-corrected chi connectivity index (χ1v) is 6.26. The molecule has 2 rings (SSSR count). The van der Waals surface area contributed by atoms with Crippen LogP contribution < -0.4 is 5.56 Å². The Labute approximate surface area is 106 Å². The average molecular weight is 250 g/mol. The first kappa shape index (κ1) is 12.8. The second kappa shape index (κ2) is 5.35. The zero-order valence-electron chi connectivity index (χ0n) is 10.5. The Kier molecular flexibility index (Phi) is 3.81. The first-order chi connectivity index (χ1) is 8.60. The van der Waals surface area contributed by atoms with Gasteiger partial charge in [0.2, 0.25) is 0 Å². The van der Waals surface area contributed by atoms with Crippen LogP contribution in [0.25, 0.3) is 0 Å². The average Bonchev–Trinajstić information content (AvgIpc) is 2.79. The fraction of sp³-hybridized carbons (Fsp3) is 0.538. The molecule has 0 bridgehead atoms. The monoisotopic (exact) mass is 250 g/mol. The van der Waals surface area contributed by atoms with E-state index in [-0.39, 0.29) is 11.1 Å². The lowest BCUT2D eigenvalue weighted by molar-refractivity contribution is 0.0695. The fourth-order valence-electron chi connectivity index (χ4n) is 2.43. The minimum absolute atomic E-state index is 0.130. The van der Waals surface area contributed by atoms with Crippen LogP contribution in [0, 0.1) is 5.92 Å². The van der Waals surface area contributed by atoms with Crippen molar-refractivity contribution in [1.29, 1.82) is 0 Å². The SMILES string of the molecule is CCN1CCC(Cn2cc(C(=O)O)ccc2=O)C1. The van der Waals surface area contributed by atoms with Crippen LogP contribution in [-0.4, -0.2) is 40.2 Å². The quantitative estimate of drug-likeness (QED) is 0.862. The molecule has 0 spiro atoms. The third-order valence-corrected chi connectivity index (χ3v) is 3.50. The number of carbonyl (C=O) groups is 1. The van der Waals surface area contributed by atoms with Crippen LogP contribution >= 0.6 is 0 Å². The van der Waals surface area contributed by atoms with Crippen molar-refractivity contribution >= 4 is 5.97 Å². The first-order valence-electron chi connectivity index (χ1n) is 6.26. The zero-order chi connectivity index (χ0) is 13.1. The molecule has 1 N–H and O–H groups in total. The molecule has 1 atom stereocenters. The molecule has 0 aromatic carbocycles. The summed E-state index contributed by atoms with van der Waals surface area (Å²) in [5.41, 5.74) is 0.0369. The Morgan fingerprint density at radius 3 is 2.89 bits per heavy atom. The number of hydrogen-bond donors (Lipinski definition) is 1. The van der Waals surface area contributed by atoms with Crippen LogP contribution in [0.15, 0.2) is 23.1 Å². The van der Waals surface area contributed by atoms with E-state index in [0.717, 1.165) is 26.1 Å². The van der Waals surface area contributed by atoms with Crippen molar-refractivity contribution in [2.45, 2.75) is 19.9 Å². The Bertz CT molecular complexity index is 495. The van der Waals surface area contributed by atoms with Gasteiger partial charge in [0.25, 0.3) is 5.56 Å². The maximum Gasteiger partial charge on any atom is 0.337 e. The van der Waals surface area contributed by atoms with E-state index in [1.165, 1.54) is 22.9 Å². The van der Waals surface area contributed by atoms with Crippen molar-refractivity contribution in [3.63, 3.8) is 0 Å². The molecule has 1 aliphatic heterocycles. The van der Waals surface area contributed by atoms with E-state index in [0.29, 0.717) is 12.5 Å². The Morgan fingerprint density at radius 2 is 2.28 bits per heavy atom. The van der Waals surface area contributed by atoms with Gasteiger partial charge in [0, 0.05) is 25.4 Å². The van der Waals surface area contributed by atoms with Gasteiger partial charge in [0.15, 0.2) is 0 Å². The van der Waals surface area contributed by atoms with Crippen molar-refractivity contribution in [3.05, 3.63) is 34.2 Å². The van der Waals surface area contributed by atoms with Crippen LogP contribution in [0.4, 0.5) is 0 Å². The van der Waals surface area contributed by atoms with Gasteiger partial charge in [0.05, 0.1) is 5.56 Å². The largest absolute Gasteiger partial charge is 0.478 e. The highest BCUT2D eigenvalue weighted by molar-refractivity contribution is 5.87. The number of aromatic carboxylic acids is 1. The van der Waals surface area contributed by atoms with Gasteiger partial charge < -0.3 is 14.6 Å². The minimum atomic E-state index is -0.995. The predicted octanol–water partition coefficient (Wildman–Crippen LogP) is 0.888. The molecule has 5 heteroatoms. The number of rotatable bonds is 4. The molecule has 98 valence electrons. The number of nitrogens with zero attached hydrogens (tertiary/aromatic N) is 2. The summed E-state index contributed by atoms with van der Waals surface area (Å²) in [5, 5.41) is 8.92. The lowest BCUT2D eigenvalue weighted by atomic mass is 10.1. The number of likely N-dealkylation sites (tertiary alicyclic amines) is 1. The molecular weight excluding hydrogens is 232 g/mol. The van der Waals surface area contributed by atoms with Crippen molar-refractivity contribution in [2.75, 3.05) is 19.6 Å². The lowest BCUT2D eigenvalue weighted by Gasteiger charge is -2.14. The van der Waals surface area contributed by atoms with Gasteiger partial charge in [-0.1, -0.05) is 6.92 Å². The number of hydrogen-bond acceptors (Lipinski definition) is 3. The van der Waals surface area contributed by atoms with Gasteiger partial charge in [-0.15, -0.1) is 0 Å². The van der Waals surface area contributed by atoms with Crippen LogP contribution in [0.1, 0.15) is 23.7 Å². The highest BCUT2D eigenvalue weighted by Crippen LogP contribution is 2.17. The van der Waals surface area contributed by atoms with E-state index in [4.69, 9.17) is 5.11 Å². The minimum Gasteiger partial charge on any atom is -0.478 e. The van der Waals surface area contributed by atoms with Gasteiger partial charge in [0.1, 0.15) is 0 Å². The number of aromatic nitrogens is 1. The number of carboxylic acids is 1. The van der Waals surface area contributed by atoms with Crippen molar-refractivity contribution in [1.82, 2.24) is 9.47 Å². The molecule has 5 nitrogen and oxygen atoms in total. The molecule has 1 fully saturated rings. The molecular formula is C13H18N2O3. The van der Waals surface area contributed by atoms with Gasteiger partial charge in [-0.25, -0.2) is 4.79 Å². The molecule has 1 aliphatic rings. The lowest BCUT2D eigenvalue weighted by Crippen LogP contribution is -2.26. The summed E-state index contributed by atoms with van der Waals surface area (Å²) in [4.78, 5) is 24.9. The molecule has 0 radical (unpaired) electrons. The van der Waals surface area contributed by atoms with Crippen LogP contribution in [-0.2, 0) is 6.54 Å². The molecule has 1 saturated heterocycles. The highest BCUT2D eigenvalue weighted by Gasteiger charge is 2.21. The molecule has 1 aromatic rings. The number of pyridine rings is 1. The summed E-state index contributed by atoms with van der Waals surface area (Å²) in [6, 6.07) is 2.68. The molecule has 0 aliphatic carbocycles. The second-order valence-corrected chi connectivity index (χ2v) is 4.76. The van der Waals surface area contributed by atoms with Crippen molar-refractivity contribution in [3.8, 4) is 0 Å². The summed E-state index contributed by atoms with van der Waals surface area (Å²) in [6.45, 7) is 5.81. The van der Waals surface area contributed by atoms with E-state index >= 15 is 0 Å².